The van der Waals surface area contributed by atoms with E-state index in [4.69, 9.17) is 5.73 Å². The first-order chi connectivity index (χ1) is 4.81. The van der Waals surface area contributed by atoms with Crippen LogP contribution in [0.1, 0.15) is 32.6 Å². The molecular formula is C9H19N. The van der Waals surface area contributed by atoms with Gasteiger partial charge in [0.2, 0.25) is 0 Å². The third-order valence-corrected chi connectivity index (χ3v) is 1.76. The highest BCUT2D eigenvalue weighted by atomic mass is 14.5. The summed E-state index contributed by atoms with van der Waals surface area (Å²) >= 11 is 0. The van der Waals surface area contributed by atoms with E-state index in [-0.39, 0.29) is 0 Å². The van der Waals surface area contributed by atoms with Crippen LogP contribution in [0.2, 0.25) is 0 Å². The van der Waals surface area contributed by atoms with Crippen molar-refractivity contribution in [2.75, 3.05) is 6.54 Å². The lowest BCUT2D eigenvalue weighted by atomic mass is 10.00. The van der Waals surface area contributed by atoms with E-state index in [9.17, 15) is 0 Å². The molecule has 1 unspecified atom stereocenters. The SMILES string of the molecule is C=CCCC(C)CCCN. The molecule has 0 fully saturated rings. The van der Waals surface area contributed by atoms with Gasteiger partial charge in [0.05, 0.1) is 0 Å². The second kappa shape index (κ2) is 6.81. The Bertz CT molecular complexity index is 78.8. The van der Waals surface area contributed by atoms with Crippen LogP contribution in [0.25, 0.3) is 0 Å². The first kappa shape index (κ1) is 9.70. The van der Waals surface area contributed by atoms with Gasteiger partial charge in [-0.1, -0.05) is 13.0 Å². The van der Waals surface area contributed by atoms with Gasteiger partial charge in [-0.15, -0.1) is 6.58 Å². The maximum absolute atomic E-state index is 5.39. The molecule has 0 radical (unpaired) electrons. The molecule has 0 rings (SSSR count). The van der Waals surface area contributed by atoms with E-state index in [2.05, 4.69) is 13.5 Å². The molecule has 0 aromatic rings. The minimum absolute atomic E-state index is 0.821. The molecule has 0 aliphatic carbocycles. The first-order valence-corrected chi connectivity index (χ1v) is 4.12. The smallest absolute Gasteiger partial charge is 0.00772 e. The summed E-state index contributed by atoms with van der Waals surface area (Å²) in [7, 11) is 0. The molecule has 0 aromatic carbocycles. The predicted molar refractivity (Wildman–Crippen MR) is 46.9 cm³/mol. The first-order valence-electron chi connectivity index (χ1n) is 4.12. The Morgan fingerprint density at radius 2 is 2.20 bits per heavy atom. The van der Waals surface area contributed by atoms with Crippen molar-refractivity contribution in [3.05, 3.63) is 12.7 Å². The zero-order chi connectivity index (χ0) is 7.82. The Morgan fingerprint density at radius 1 is 1.50 bits per heavy atom. The van der Waals surface area contributed by atoms with Crippen LogP contribution in [0.4, 0.5) is 0 Å². The number of rotatable bonds is 6. The molecule has 2 N–H and O–H groups in total. The third-order valence-electron chi connectivity index (χ3n) is 1.76. The maximum atomic E-state index is 5.39. The summed E-state index contributed by atoms with van der Waals surface area (Å²) in [5, 5.41) is 0. The predicted octanol–water partition coefficient (Wildman–Crippen LogP) is 2.33. The monoisotopic (exact) mass is 141 g/mol. The lowest BCUT2D eigenvalue weighted by Gasteiger charge is -2.07. The molecule has 0 aromatic heterocycles. The van der Waals surface area contributed by atoms with Crippen molar-refractivity contribution in [2.45, 2.75) is 32.6 Å². The summed E-state index contributed by atoms with van der Waals surface area (Å²) in [5.41, 5.74) is 5.39. The fraction of sp³-hybridized carbons (Fsp3) is 0.778. The Morgan fingerprint density at radius 3 is 2.70 bits per heavy atom. The molecule has 1 atom stereocenters. The number of hydrogen-bond donors (Lipinski definition) is 1. The molecule has 0 aliphatic heterocycles. The van der Waals surface area contributed by atoms with E-state index in [0.29, 0.717) is 0 Å². The Balaban J connectivity index is 3.07. The maximum Gasteiger partial charge on any atom is -0.00772 e. The second-order valence-corrected chi connectivity index (χ2v) is 2.90. The van der Waals surface area contributed by atoms with Crippen molar-refractivity contribution in [1.29, 1.82) is 0 Å². The minimum Gasteiger partial charge on any atom is -0.330 e. The van der Waals surface area contributed by atoms with Crippen LogP contribution in [0, 0.1) is 5.92 Å². The molecule has 0 saturated heterocycles. The molecule has 0 amide bonds. The van der Waals surface area contributed by atoms with Crippen molar-refractivity contribution >= 4 is 0 Å². The van der Waals surface area contributed by atoms with Crippen LogP contribution < -0.4 is 5.73 Å². The fourth-order valence-electron chi connectivity index (χ4n) is 1.01. The Hall–Kier alpha value is -0.300. The van der Waals surface area contributed by atoms with Gasteiger partial charge in [0.25, 0.3) is 0 Å². The molecular weight excluding hydrogens is 122 g/mol. The van der Waals surface area contributed by atoms with Gasteiger partial charge in [-0.2, -0.15) is 0 Å². The van der Waals surface area contributed by atoms with E-state index in [1.54, 1.807) is 0 Å². The van der Waals surface area contributed by atoms with Crippen molar-refractivity contribution in [2.24, 2.45) is 11.7 Å². The van der Waals surface area contributed by atoms with Gasteiger partial charge in [-0.05, 0) is 38.1 Å². The molecule has 0 aliphatic rings. The van der Waals surface area contributed by atoms with E-state index >= 15 is 0 Å². The highest BCUT2D eigenvalue weighted by molar-refractivity contribution is 4.67. The summed E-state index contributed by atoms with van der Waals surface area (Å²) in [6, 6.07) is 0. The van der Waals surface area contributed by atoms with Gasteiger partial charge >= 0.3 is 0 Å². The van der Waals surface area contributed by atoms with Crippen LogP contribution in [0.3, 0.4) is 0 Å². The number of hydrogen-bond acceptors (Lipinski definition) is 1. The zero-order valence-corrected chi connectivity index (χ0v) is 6.97. The van der Waals surface area contributed by atoms with Crippen LogP contribution in [0.15, 0.2) is 12.7 Å². The summed E-state index contributed by atoms with van der Waals surface area (Å²) in [6.45, 7) is 6.80. The van der Waals surface area contributed by atoms with Crippen molar-refractivity contribution in [1.82, 2.24) is 0 Å². The summed E-state index contributed by atoms with van der Waals surface area (Å²) in [5.74, 6) is 0.821. The Kier molecular flexibility index (Phi) is 6.61. The molecule has 0 saturated carbocycles. The van der Waals surface area contributed by atoms with Crippen LogP contribution in [-0.2, 0) is 0 Å². The molecule has 1 nitrogen and oxygen atoms in total. The molecule has 0 spiro atoms. The molecule has 60 valence electrons. The van der Waals surface area contributed by atoms with E-state index in [1.165, 1.54) is 12.8 Å². The largest absolute Gasteiger partial charge is 0.330 e. The van der Waals surface area contributed by atoms with Gasteiger partial charge < -0.3 is 5.73 Å². The molecule has 1 heteroatoms. The Labute approximate surface area is 64.3 Å². The average Bonchev–Trinajstić information content (AvgIpc) is 1.97. The lowest BCUT2D eigenvalue weighted by Crippen LogP contribution is -2.02. The molecule has 10 heavy (non-hydrogen) atoms. The average molecular weight is 141 g/mol. The van der Waals surface area contributed by atoms with Crippen molar-refractivity contribution in [3.8, 4) is 0 Å². The summed E-state index contributed by atoms with van der Waals surface area (Å²) < 4.78 is 0. The van der Waals surface area contributed by atoms with Crippen LogP contribution >= 0.6 is 0 Å². The van der Waals surface area contributed by atoms with Crippen LogP contribution in [0.5, 0.6) is 0 Å². The third kappa shape index (κ3) is 5.83. The number of nitrogens with two attached hydrogens (primary N) is 1. The summed E-state index contributed by atoms with van der Waals surface area (Å²) in [4.78, 5) is 0. The normalized spacial score (nSPS) is 13.0. The topological polar surface area (TPSA) is 26.0 Å². The standard InChI is InChI=1S/C9H19N/c1-3-4-6-9(2)7-5-8-10/h3,9H,1,4-8,10H2,2H3. The lowest BCUT2D eigenvalue weighted by molar-refractivity contribution is 0.483. The van der Waals surface area contributed by atoms with Gasteiger partial charge in [-0.25, -0.2) is 0 Å². The van der Waals surface area contributed by atoms with E-state index in [1.807, 2.05) is 6.08 Å². The second-order valence-electron chi connectivity index (χ2n) is 2.90. The zero-order valence-electron chi connectivity index (χ0n) is 6.97. The number of allylic oxidation sites excluding steroid dienone is 1. The quantitative estimate of drug-likeness (QED) is 0.564. The summed E-state index contributed by atoms with van der Waals surface area (Å²) in [6.07, 6.45) is 6.83. The van der Waals surface area contributed by atoms with Crippen molar-refractivity contribution < 1.29 is 0 Å². The van der Waals surface area contributed by atoms with Gasteiger partial charge in [0.1, 0.15) is 0 Å². The van der Waals surface area contributed by atoms with Crippen molar-refractivity contribution in [3.63, 3.8) is 0 Å². The fourth-order valence-corrected chi connectivity index (χ4v) is 1.01. The highest BCUT2D eigenvalue weighted by Gasteiger charge is 1.98. The molecule has 0 bridgehead atoms. The van der Waals surface area contributed by atoms with E-state index < -0.39 is 0 Å². The van der Waals surface area contributed by atoms with E-state index in [0.717, 1.165) is 25.3 Å². The highest BCUT2D eigenvalue weighted by Crippen LogP contribution is 2.11. The van der Waals surface area contributed by atoms with Crippen LogP contribution in [-0.4, -0.2) is 6.54 Å². The van der Waals surface area contributed by atoms with Gasteiger partial charge in [-0.3, -0.25) is 0 Å². The van der Waals surface area contributed by atoms with Gasteiger partial charge in [0.15, 0.2) is 0 Å². The van der Waals surface area contributed by atoms with Gasteiger partial charge in [0, 0.05) is 0 Å². The molecule has 0 heterocycles. The minimum atomic E-state index is 0.821.